The molecule has 0 spiro atoms. The predicted octanol–water partition coefficient (Wildman–Crippen LogP) is 3.71. The summed E-state index contributed by atoms with van der Waals surface area (Å²) in [7, 11) is 0. The standard InChI is InChI=1S/C19H18F4N4O2/c1-3-26-10-13-14(19(21,22)23)9-17(29)27(18(13)25-26)7-6-16(28)24-15-5-4-12(20)8-11(15)2/h4-5,8-10H,3,6-7H2,1-2H3,(H,24,28). The van der Waals surface area contributed by atoms with Crippen LogP contribution in [0, 0.1) is 12.7 Å². The van der Waals surface area contributed by atoms with Gasteiger partial charge in [0.05, 0.1) is 5.56 Å². The van der Waals surface area contributed by atoms with Crippen molar-refractivity contribution >= 4 is 22.6 Å². The van der Waals surface area contributed by atoms with E-state index in [2.05, 4.69) is 10.4 Å². The van der Waals surface area contributed by atoms with Crippen LogP contribution in [0.15, 0.2) is 35.3 Å². The zero-order chi connectivity index (χ0) is 21.3. The highest BCUT2D eigenvalue weighted by atomic mass is 19.4. The van der Waals surface area contributed by atoms with Gasteiger partial charge in [-0.3, -0.25) is 18.8 Å². The maximum atomic E-state index is 13.3. The number of halogens is 4. The van der Waals surface area contributed by atoms with Crippen molar-refractivity contribution in [1.82, 2.24) is 14.3 Å². The lowest BCUT2D eigenvalue weighted by molar-refractivity contribution is -0.136. The Hall–Kier alpha value is -3.17. The quantitative estimate of drug-likeness (QED) is 0.652. The molecule has 0 aliphatic rings. The van der Waals surface area contributed by atoms with Crippen molar-refractivity contribution in [3.8, 4) is 0 Å². The third-order valence-electron chi connectivity index (χ3n) is 4.48. The molecule has 0 radical (unpaired) electrons. The van der Waals surface area contributed by atoms with Gasteiger partial charge in [-0.15, -0.1) is 0 Å². The molecule has 1 amide bonds. The number of nitrogens with zero attached hydrogens (tertiary/aromatic N) is 3. The van der Waals surface area contributed by atoms with Gasteiger partial charge in [0.2, 0.25) is 5.91 Å². The molecule has 0 unspecified atom stereocenters. The first kappa shape index (κ1) is 20.6. The van der Waals surface area contributed by atoms with Crippen LogP contribution in [-0.4, -0.2) is 20.3 Å². The number of aryl methyl sites for hydroxylation is 3. The molecule has 29 heavy (non-hydrogen) atoms. The molecule has 10 heteroatoms. The zero-order valence-electron chi connectivity index (χ0n) is 15.7. The highest BCUT2D eigenvalue weighted by Crippen LogP contribution is 2.33. The fraction of sp³-hybridized carbons (Fsp3) is 0.316. The first-order valence-electron chi connectivity index (χ1n) is 8.84. The topological polar surface area (TPSA) is 68.9 Å². The Labute approximate surface area is 162 Å². The largest absolute Gasteiger partial charge is 0.417 e. The van der Waals surface area contributed by atoms with E-state index in [-0.39, 0.29) is 24.0 Å². The highest BCUT2D eigenvalue weighted by Gasteiger charge is 2.35. The van der Waals surface area contributed by atoms with E-state index in [1.54, 1.807) is 13.8 Å². The van der Waals surface area contributed by atoms with Crippen molar-refractivity contribution in [2.24, 2.45) is 0 Å². The minimum absolute atomic E-state index is 0.127. The molecule has 0 saturated carbocycles. The van der Waals surface area contributed by atoms with Crippen LogP contribution in [0.25, 0.3) is 11.0 Å². The van der Waals surface area contributed by atoms with Crippen LogP contribution < -0.4 is 10.9 Å². The van der Waals surface area contributed by atoms with Crippen LogP contribution in [0.2, 0.25) is 0 Å². The van der Waals surface area contributed by atoms with Gasteiger partial charge < -0.3 is 5.32 Å². The van der Waals surface area contributed by atoms with E-state index < -0.39 is 29.0 Å². The number of benzene rings is 1. The average molecular weight is 410 g/mol. The highest BCUT2D eigenvalue weighted by molar-refractivity contribution is 5.91. The van der Waals surface area contributed by atoms with Gasteiger partial charge in [0.1, 0.15) is 5.82 Å². The number of rotatable bonds is 5. The number of aromatic nitrogens is 3. The first-order chi connectivity index (χ1) is 13.6. The molecule has 154 valence electrons. The second kappa shape index (κ2) is 7.69. The lowest BCUT2D eigenvalue weighted by Gasteiger charge is -2.12. The lowest BCUT2D eigenvalue weighted by atomic mass is 10.1. The van der Waals surface area contributed by atoms with Crippen LogP contribution in [0.4, 0.5) is 23.2 Å². The number of fused-ring (bicyclic) bond motifs is 1. The Morgan fingerprint density at radius 3 is 2.59 bits per heavy atom. The third kappa shape index (κ3) is 4.30. The fourth-order valence-electron chi connectivity index (χ4n) is 2.99. The molecule has 1 aromatic carbocycles. The van der Waals surface area contributed by atoms with E-state index in [0.29, 0.717) is 23.9 Å². The van der Waals surface area contributed by atoms with Crippen LogP contribution in [0.1, 0.15) is 24.5 Å². The van der Waals surface area contributed by atoms with E-state index in [0.717, 1.165) is 4.57 Å². The summed E-state index contributed by atoms with van der Waals surface area (Å²) in [5.74, 6) is -0.903. The summed E-state index contributed by atoms with van der Waals surface area (Å²) in [5, 5.41) is 6.46. The molecule has 3 rings (SSSR count). The van der Waals surface area contributed by atoms with Crippen molar-refractivity contribution in [2.75, 3.05) is 5.32 Å². The predicted molar refractivity (Wildman–Crippen MR) is 99.1 cm³/mol. The summed E-state index contributed by atoms with van der Waals surface area (Å²) in [5.41, 5.74) is -1.14. The van der Waals surface area contributed by atoms with Crippen molar-refractivity contribution in [3.63, 3.8) is 0 Å². The molecule has 1 N–H and O–H groups in total. The zero-order valence-corrected chi connectivity index (χ0v) is 15.7. The molecule has 0 aliphatic carbocycles. The smallest absolute Gasteiger partial charge is 0.326 e. The monoisotopic (exact) mass is 410 g/mol. The Kier molecular flexibility index (Phi) is 5.45. The lowest BCUT2D eigenvalue weighted by Crippen LogP contribution is -2.25. The minimum Gasteiger partial charge on any atom is -0.326 e. The van der Waals surface area contributed by atoms with Crippen LogP contribution in [0.5, 0.6) is 0 Å². The molecular weight excluding hydrogens is 392 g/mol. The summed E-state index contributed by atoms with van der Waals surface area (Å²) in [6.07, 6.45) is -3.64. The number of pyridine rings is 1. The molecule has 0 aliphatic heterocycles. The van der Waals surface area contributed by atoms with Crippen LogP contribution in [-0.2, 0) is 24.1 Å². The van der Waals surface area contributed by atoms with Gasteiger partial charge in [0, 0.05) is 42.8 Å². The summed E-state index contributed by atoms with van der Waals surface area (Å²) < 4.78 is 55.4. The average Bonchev–Trinajstić information content (AvgIpc) is 3.06. The third-order valence-corrected chi connectivity index (χ3v) is 4.48. The van der Waals surface area contributed by atoms with E-state index in [1.165, 1.54) is 29.1 Å². The molecule has 0 bridgehead atoms. The Morgan fingerprint density at radius 2 is 1.97 bits per heavy atom. The van der Waals surface area contributed by atoms with Crippen LogP contribution >= 0.6 is 0 Å². The number of carbonyl (C=O) groups is 1. The molecule has 2 heterocycles. The van der Waals surface area contributed by atoms with Crippen molar-refractivity contribution in [2.45, 2.75) is 39.5 Å². The van der Waals surface area contributed by atoms with E-state index in [1.807, 2.05) is 0 Å². The molecule has 6 nitrogen and oxygen atoms in total. The Balaban J connectivity index is 1.88. The summed E-state index contributed by atoms with van der Waals surface area (Å²) in [6.45, 7) is 3.50. The van der Waals surface area contributed by atoms with Gasteiger partial charge in [0.25, 0.3) is 5.56 Å². The number of anilines is 1. The number of carbonyl (C=O) groups excluding carboxylic acids is 1. The van der Waals surface area contributed by atoms with Gasteiger partial charge >= 0.3 is 6.18 Å². The van der Waals surface area contributed by atoms with Gasteiger partial charge in [-0.2, -0.15) is 18.3 Å². The summed E-state index contributed by atoms with van der Waals surface area (Å²) >= 11 is 0. The van der Waals surface area contributed by atoms with Gasteiger partial charge in [-0.1, -0.05) is 0 Å². The fourth-order valence-corrected chi connectivity index (χ4v) is 2.99. The van der Waals surface area contributed by atoms with Crippen molar-refractivity contribution in [3.05, 3.63) is 57.8 Å². The van der Waals surface area contributed by atoms with E-state index in [9.17, 15) is 27.2 Å². The van der Waals surface area contributed by atoms with Crippen molar-refractivity contribution in [1.29, 1.82) is 0 Å². The SMILES string of the molecule is CCn1cc2c(C(F)(F)F)cc(=O)n(CCC(=O)Nc3ccc(F)cc3C)c2n1. The second-order valence-electron chi connectivity index (χ2n) is 6.53. The minimum atomic E-state index is -4.70. The van der Waals surface area contributed by atoms with Gasteiger partial charge in [-0.25, -0.2) is 4.39 Å². The molecule has 0 saturated heterocycles. The Morgan fingerprint density at radius 1 is 1.24 bits per heavy atom. The maximum absolute atomic E-state index is 13.3. The number of hydrogen-bond acceptors (Lipinski definition) is 3. The van der Waals surface area contributed by atoms with Crippen LogP contribution in [0.3, 0.4) is 0 Å². The van der Waals surface area contributed by atoms with Gasteiger partial charge in [0.15, 0.2) is 5.65 Å². The molecule has 2 aromatic heterocycles. The number of amides is 1. The number of hydrogen-bond donors (Lipinski definition) is 1. The van der Waals surface area contributed by atoms with Crippen molar-refractivity contribution < 1.29 is 22.4 Å². The first-order valence-corrected chi connectivity index (χ1v) is 8.84. The Bertz CT molecular complexity index is 1130. The molecular formula is C19H18F4N4O2. The molecule has 0 atom stereocenters. The molecule has 0 fully saturated rings. The summed E-state index contributed by atoms with van der Waals surface area (Å²) in [4.78, 5) is 24.5. The number of alkyl halides is 3. The normalized spacial score (nSPS) is 11.8. The summed E-state index contributed by atoms with van der Waals surface area (Å²) in [6, 6.07) is 4.39. The van der Waals surface area contributed by atoms with Gasteiger partial charge in [-0.05, 0) is 37.6 Å². The van der Waals surface area contributed by atoms with E-state index in [4.69, 9.17) is 0 Å². The maximum Gasteiger partial charge on any atom is 0.417 e. The van der Waals surface area contributed by atoms with E-state index >= 15 is 0 Å². The second-order valence-corrected chi connectivity index (χ2v) is 6.53. The number of nitrogens with one attached hydrogen (secondary N) is 1. The molecule has 3 aromatic rings.